The normalized spacial score (nSPS) is 24.1. The van der Waals surface area contributed by atoms with Gasteiger partial charge in [-0.2, -0.15) is 0 Å². The maximum absolute atomic E-state index is 13.3. The summed E-state index contributed by atoms with van der Waals surface area (Å²) in [5.74, 6) is -0.668. The third kappa shape index (κ3) is 7.43. The van der Waals surface area contributed by atoms with Crippen LogP contribution in [0.2, 0.25) is 0 Å². The summed E-state index contributed by atoms with van der Waals surface area (Å²) in [6.07, 6.45) is 3.00. The molecule has 3 amide bonds. The number of methoxy groups -OCH3 is 1. The summed E-state index contributed by atoms with van der Waals surface area (Å²) in [4.78, 5) is 51.5. The molecule has 1 saturated heterocycles. The van der Waals surface area contributed by atoms with Crippen LogP contribution in [0.4, 0.5) is 10.5 Å². The largest absolute Gasteiger partial charge is 0.465 e. The van der Waals surface area contributed by atoms with Crippen molar-refractivity contribution < 1.29 is 28.7 Å². The molecular weight excluding hydrogens is 464 g/mol. The lowest BCUT2D eigenvalue weighted by molar-refractivity contribution is -0.141. The highest BCUT2D eigenvalue weighted by Crippen LogP contribution is 2.32. The first-order valence-electron chi connectivity index (χ1n) is 12.5. The Labute approximate surface area is 212 Å². The summed E-state index contributed by atoms with van der Waals surface area (Å²) in [7, 11) is 1.31. The molecule has 198 valence electrons. The van der Waals surface area contributed by atoms with Gasteiger partial charge in [-0.15, -0.1) is 0 Å². The minimum Gasteiger partial charge on any atom is -0.465 e. The maximum atomic E-state index is 13.3. The smallest absolute Gasteiger partial charge is 0.407 e. The molecule has 3 rings (SSSR count). The van der Waals surface area contributed by atoms with Gasteiger partial charge in [0.2, 0.25) is 11.8 Å². The van der Waals surface area contributed by atoms with Crippen LogP contribution in [0.1, 0.15) is 63.2 Å². The molecule has 2 atom stereocenters. The number of benzene rings is 1. The molecule has 4 N–H and O–H groups in total. The van der Waals surface area contributed by atoms with E-state index < -0.39 is 23.7 Å². The van der Waals surface area contributed by atoms with Crippen molar-refractivity contribution in [3.05, 3.63) is 29.8 Å². The van der Waals surface area contributed by atoms with Gasteiger partial charge in [0.05, 0.1) is 12.7 Å². The molecule has 0 unspecified atom stereocenters. The Morgan fingerprint density at radius 2 is 1.69 bits per heavy atom. The van der Waals surface area contributed by atoms with Crippen molar-refractivity contribution in [2.24, 2.45) is 17.6 Å². The van der Waals surface area contributed by atoms with E-state index in [1.165, 1.54) is 7.11 Å². The SMILES string of the molecule is COC(=O)c1ccc(NC(=O)[C@@H]2C[C@H](N)CN2C(=O)[C@H]2CC[C@H](CNC(=O)OC(C)(C)C)CC2)cc1. The Balaban J connectivity index is 1.52. The molecule has 0 radical (unpaired) electrons. The molecule has 0 spiro atoms. The van der Waals surface area contributed by atoms with Crippen LogP contribution < -0.4 is 16.4 Å². The average Bonchev–Trinajstić information content (AvgIpc) is 3.23. The van der Waals surface area contributed by atoms with E-state index in [2.05, 4.69) is 15.4 Å². The molecule has 2 fully saturated rings. The first kappa shape index (κ1) is 27.4. The second-order valence-corrected chi connectivity index (χ2v) is 10.7. The number of rotatable bonds is 6. The van der Waals surface area contributed by atoms with Crippen molar-refractivity contribution in [1.29, 1.82) is 0 Å². The van der Waals surface area contributed by atoms with Gasteiger partial charge in [0.25, 0.3) is 0 Å². The average molecular weight is 503 g/mol. The minimum absolute atomic E-state index is 0.0392. The number of nitrogens with one attached hydrogen (secondary N) is 2. The number of carbonyl (C=O) groups is 4. The molecule has 1 aromatic rings. The van der Waals surface area contributed by atoms with Crippen molar-refractivity contribution in [2.75, 3.05) is 25.5 Å². The lowest BCUT2D eigenvalue weighted by Gasteiger charge is -2.32. The fraction of sp³-hybridized carbons (Fsp3) is 0.615. The number of hydrogen-bond acceptors (Lipinski definition) is 7. The van der Waals surface area contributed by atoms with Gasteiger partial charge in [-0.3, -0.25) is 9.59 Å². The van der Waals surface area contributed by atoms with E-state index in [-0.39, 0.29) is 29.7 Å². The Morgan fingerprint density at radius 1 is 1.06 bits per heavy atom. The van der Waals surface area contributed by atoms with Gasteiger partial charge in [0.15, 0.2) is 0 Å². The van der Waals surface area contributed by atoms with Crippen molar-refractivity contribution in [2.45, 2.75) is 70.6 Å². The molecule has 2 aliphatic rings. The number of alkyl carbamates (subject to hydrolysis) is 1. The monoisotopic (exact) mass is 502 g/mol. The summed E-state index contributed by atoms with van der Waals surface area (Å²) < 4.78 is 9.97. The zero-order valence-corrected chi connectivity index (χ0v) is 21.5. The predicted octanol–water partition coefficient (Wildman–Crippen LogP) is 2.67. The van der Waals surface area contributed by atoms with Gasteiger partial charge in [0.1, 0.15) is 11.6 Å². The highest BCUT2D eigenvalue weighted by atomic mass is 16.6. The third-order valence-corrected chi connectivity index (χ3v) is 6.62. The number of esters is 1. The van der Waals surface area contributed by atoms with Crippen LogP contribution in [-0.4, -0.2) is 66.7 Å². The first-order chi connectivity index (χ1) is 17.0. The van der Waals surface area contributed by atoms with Crippen LogP contribution in [-0.2, 0) is 19.1 Å². The Kier molecular flexibility index (Phi) is 8.94. The number of nitrogens with zero attached hydrogens (tertiary/aromatic N) is 1. The summed E-state index contributed by atoms with van der Waals surface area (Å²) in [6, 6.07) is 5.48. The lowest BCUT2D eigenvalue weighted by atomic mass is 9.81. The number of hydrogen-bond donors (Lipinski definition) is 3. The number of amides is 3. The van der Waals surface area contributed by atoms with Gasteiger partial charge in [-0.05, 0) is 83.1 Å². The Hall–Kier alpha value is -3.14. The lowest BCUT2D eigenvalue weighted by Crippen LogP contribution is -2.46. The van der Waals surface area contributed by atoms with Gasteiger partial charge < -0.3 is 30.7 Å². The standard InChI is InChI=1S/C26H38N4O6/c1-26(2,3)36-25(34)28-14-16-5-7-17(8-6-16)23(32)30-15-19(27)13-21(30)22(31)29-20-11-9-18(10-12-20)24(33)35-4/h9-12,16-17,19,21H,5-8,13-15,27H2,1-4H3,(H,28,34)(H,29,31)/t16-,17-,19-,21-/m0/s1. The van der Waals surface area contributed by atoms with E-state index in [1.807, 2.05) is 20.8 Å². The van der Waals surface area contributed by atoms with Crippen molar-refractivity contribution in [3.8, 4) is 0 Å². The molecule has 0 aromatic heterocycles. The summed E-state index contributed by atoms with van der Waals surface area (Å²) in [5, 5.41) is 5.65. The Morgan fingerprint density at radius 3 is 2.28 bits per heavy atom. The molecule has 10 nitrogen and oxygen atoms in total. The van der Waals surface area contributed by atoms with Crippen molar-refractivity contribution >= 4 is 29.6 Å². The first-order valence-corrected chi connectivity index (χ1v) is 12.5. The van der Waals surface area contributed by atoms with Crippen LogP contribution in [0.5, 0.6) is 0 Å². The predicted molar refractivity (Wildman–Crippen MR) is 134 cm³/mol. The van der Waals surface area contributed by atoms with Crippen LogP contribution >= 0.6 is 0 Å². The fourth-order valence-corrected chi connectivity index (χ4v) is 4.78. The van der Waals surface area contributed by atoms with E-state index in [1.54, 1.807) is 29.2 Å². The zero-order valence-electron chi connectivity index (χ0n) is 21.5. The molecule has 1 saturated carbocycles. The molecule has 1 aliphatic heterocycles. The van der Waals surface area contributed by atoms with Crippen molar-refractivity contribution in [3.63, 3.8) is 0 Å². The van der Waals surface area contributed by atoms with Gasteiger partial charge in [-0.1, -0.05) is 0 Å². The Bertz CT molecular complexity index is 950. The molecule has 36 heavy (non-hydrogen) atoms. The van der Waals surface area contributed by atoms with Crippen LogP contribution in [0.15, 0.2) is 24.3 Å². The highest BCUT2D eigenvalue weighted by molar-refractivity contribution is 5.98. The fourth-order valence-electron chi connectivity index (χ4n) is 4.78. The van der Waals surface area contributed by atoms with Gasteiger partial charge in [0, 0.05) is 30.7 Å². The van der Waals surface area contributed by atoms with Crippen LogP contribution in [0, 0.1) is 11.8 Å². The third-order valence-electron chi connectivity index (χ3n) is 6.62. The number of carbonyl (C=O) groups excluding carboxylic acids is 4. The van der Waals surface area contributed by atoms with E-state index in [0.717, 1.165) is 12.8 Å². The van der Waals surface area contributed by atoms with E-state index in [9.17, 15) is 19.2 Å². The second-order valence-electron chi connectivity index (χ2n) is 10.7. The topological polar surface area (TPSA) is 140 Å². The van der Waals surface area contributed by atoms with Gasteiger partial charge in [-0.25, -0.2) is 9.59 Å². The van der Waals surface area contributed by atoms with E-state index in [4.69, 9.17) is 10.5 Å². The number of likely N-dealkylation sites (tertiary alicyclic amines) is 1. The second kappa shape index (κ2) is 11.7. The number of ether oxygens (including phenoxy) is 2. The van der Waals surface area contributed by atoms with Gasteiger partial charge >= 0.3 is 12.1 Å². The summed E-state index contributed by atoms with van der Waals surface area (Å²) >= 11 is 0. The minimum atomic E-state index is -0.639. The molecule has 0 bridgehead atoms. The van der Waals surface area contributed by atoms with Crippen LogP contribution in [0.25, 0.3) is 0 Å². The highest BCUT2D eigenvalue weighted by Gasteiger charge is 2.41. The molecule has 1 aromatic carbocycles. The number of anilines is 1. The molecule has 1 heterocycles. The summed E-state index contributed by atoms with van der Waals surface area (Å²) in [6.45, 7) is 6.33. The quantitative estimate of drug-likeness (QED) is 0.508. The molecule has 1 aliphatic carbocycles. The van der Waals surface area contributed by atoms with E-state index >= 15 is 0 Å². The van der Waals surface area contributed by atoms with E-state index in [0.29, 0.717) is 43.6 Å². The van der Waals surface area contributed by atoms with Crippen LogP contribution in [0.3, 0.4) is 0 Å². The molecule has 10 heteroatoms. The summed E-state index contributed by atoms with van der Waals surface area (Å²) in [5.41, 5.74) is 6.51. The maximum Gasteiger partial charge on any atom is 0.407 e. The zero-order chi connectivity index (χ0) is 26.5. The van der Waals surface area contributed by atoms with Crippen molar-refractivity contribution in [1.82, 2.24) is 10.2 Å². The number of nitrogens with two attached hydrogens (primary N) is 1. The molecular formula is C26H38N4O6.